The molecule has 9 aromatic rings. The zero-order valence-corrected chi connectivity index (χ0v) is 37.7. The lowest BCUT2D eigenvalue weighted by molar-refractivity contribution is -0.666. The molecule has 0 saturated carbocycles. The molecule has 0 bridgehead atoms. The number of aryl methyl sites for hydroxylation is 6. The summed E-state index contributed by atoms with van der Waals surface area (Å²) in [7, 11) is 6.56. The largest absolute Gasteiger partial charge is 0.213 e. The van der Waals surface area contributed by atoms with E-state index in [2.05, 4.69) is 251 Å². The van der Waals surface area contributed by atoms with Crippen LogP contribution in [0.5, 0.6) is 0 Å². The van der Waals surface area contributed by atoms with Crippen molar-refractivity contribution in [3.05, 3.63) is 233 Å². The second kappa shape index (κ2) is 17.6. The summed E-state index contributed by atoms with van der Waals surface area (Å²) >= 11 is 0. The SMILES string of the molecule is Cc1cc[n+](C)c(-c2ccc(-c3ccccc3)cc2Cc2cc(-c3ccccc3)cc(Cc3cc(-c4ccccc4)cc(C)c3-c3cccc(C)[n+]3C)c2-c2ccc(C)c[n+]2C)c1. The Morgan fingerprint density at radius 1 is 0.365 bits per heavy atom. The van der Waals surface area contributed by atoms with Crippen molar-refractivity contribution >= 4 is 0 Å². The number of rotatable bonds is 10. The van der Waals surface area contributed by atoms with Gasteiger partial charge in [-0.05, 0) is 143 Å². The molecule has 0 atom stereocenters. The summed E-state index contributed by atoms with van der Waals surface area (Å²) in [4.78, 5) is 0. The summed E-state index contributed by atoms with van der Waals surface area (Å²) in [5.41, 5.74) is 24.9. The zero-order valence-electron chi connectivity index (χ0n) is 37.7. The van der Waals surface area contributed by atoms with Gasteiger partial charge in [0.05, 0.1) is 11.1 Å². The van der Waals surface area contributed by atoms with Crippen LogP contribution in [-0.2, 0) is 34.0 Å². The summed E-state index contributed by atoms with van der Waals surface area (Å²) in [5, 5.41) is 0. The van der Waals surface area contributed by atoms with Crippen molar-refractivity contribution in [3.8, 4) is 67.2 Å². The Morgan fingerprint density at radius 2 is 0.921 bits per heavy atom. The molecule has 3 nitrogen and oxygen atoms in total. The number of pyridine rings is 3. The molecule has 0 aliphatic rings. The van der Waals surface area contributed by atoms with Crippen LogP contribution in [0.4, 0.5) is 0 Å². The van der Waals surface area contributed by atoms with Crippen LogP contribution in [0, 0.1) is 27.7 Å². The van der Waals surface area contributed by atoms with Crippen LogP contribution in [0.25, 0.3) is 67.2 Å². The fraction of sp³-hybridized carbons (Fsp3) is 0.150. The van der Waals surface area contributed by atoms with Gasteiger partial charge in [-0.15, -0.1) is 0 Å². The Morgan fingerprint density at radius 3 is 1.54 bits per heavy atom. The first-order valence-corrected chi connectivity index (χ1v) is 22.1. The third kappa shape index (κ3) is 8.52. The lowest BCUT2D eigenvalue weighted by Gasteiger charge is -2.20. The van der Waals surface area contributed by atoms with E-state index in [-0.39, 0.29) is 0 Å². The number of aromatic nitrogens is 3. The highest BCUT2D eigenvalue weighted by atomic mass is 14.9. The molecule has 0 amide bonds. The quantitative estimate of drug-likeness (QED) is 0.122. The standard InChI is InChI=1S/C60H56N3/c1-41-30-31-61(5)58(32-41)55-28-27-48(45-19-11-8-12-20-45)34-51(55)38-53-36-50(47-23-15-10-16-24-47)37-54(60(53)56-29-26-42(2)40-62(56)6)39-52-35-49(46-21-13-9-14-22-46)33-43(3)59(52)57-25-17-18-44(4)63(57)7/h8-37,40H,38-39H2,1-7H3/q+3. The summed E-state index contributed by atoms with van der Waals surface area (Å²) in [6, 6.07) is 65.2. The van der Waals surface area contributed by atoms with E-state index in [1.54, 1.807) is 0 Å². The molecular formula is C60H56N3+3. The molecule has 9 rings (SSSR count). The van der Waals surface area contributed by atoms with Gasteiger partial charge in [0, 0.05) is 48.4 Å². The Labute approximate surface area is 373 Å². The van der Waals surface area contributed by atoms with Gasteiger partial charge >= 0.3 is 0 Å². The fourth-order valence-corrected chi connectivity index (χ4v) is 9.44. The van der Waals surface area contributed by atoms with E-state index in [0.717, 1.165) is 12.8 Å². The zero-order chi connectivity index (χ0) is 43.6. The van der Waals surface area contributed by atoms with Gasteiger partial charge in [-0.3, -0.25) is 0 Å². The van der Waals surface area contributed by atoms with Crippen molar-refractivity contribution in [2.24, 2.45) is 21.1 Å². The second-order valence-electron chi connectivity index (χ2n) is 17.3. The van der Waals surface area contributed by atoms with Crippen LogP contribution in [0.15, 0.2) is 188 Å². The van der Waals surface area contributed by atoms with Gasteiger partial charge in [0.15, 0.2) is 18.1 Å². The minimum atomic E-state index is 0.740. The predicted octanol–water partition coefficient (Wildman–Crippen LogP) is 12.6. The van der Waals surface area contributed by atoms with Gasteiger partial charge in [-0.1, -0.05) is 103 Å². The average molecular weight is 819 g/mol. The average Bonchev–Trinajstić information content (AvgIpc) is 3.29. The van der Waals surface area contributed by atoms with Crippen molar-refractivity contribution in [1.82, 2.24) is 0 Å². The summed E-state index contributed by atoms with van der Waals surface area (Å²) < 4.78 is 6.93. The molecule has 6 aromatic carbocycles. The molecule has 3 aromatic heterocycles. The van der Waals surface area contributed by atoms with Crippen LogP contribution < -0.4 is 13.7 Å². The molecular weight excluding hydrogens is 763 g/mol. The van der Waals surface area contributed by atoms with E-state index in [0.29, 0.717) is 0 Å². The monoisotopic (exact) mass is 818 g/mol. The van der Waals surface area contributed by atoms with Crippen molar-refractivity contribution in [2.75, 3.05) is 0 Å². The molecule has 308 valence electrons. The number of hydrogen-bond acceptors (Lipinski definition) is 0. The van der Waals surface area contributed by atoms with E-state index in [1.807, 2.05) is 0 Å². The number of hydrogen-bond donors (Lipinski definition) is 0. The fourth-order valence-electron chi connectivity index (χ4n) is 9.44. The molecule has 3 heteroatoms. The van der Waals surface area contributed by atoms with Gasteiger partial charge in [0.25, 0.3) is 0 Å². The minimum Gasteiger partial charge on any atom is -0.201 e. The van der Waals surface area contributed by atoms with Gasteiger partial charge in [0.1, 0.15) is 21.1 Å². The first-order chi connectivity index (χ1) is 30.6. The van der Waals surface area contributed by atoms with E-state index >= 15 is 0 Å². The van der Waals surface area contributed by atoms with Crippen LogP contribution in [0.2, 0.25) is 0 Å². The van der Waals surface area contributed by atoms with E-state index in [4.69, 9.17) is 0 Å². The van der Waals surface area contributed by atoms with Crippen molar-refractivity contribution in [1.29, 1.82) is 0 Å². The topological polar surface area (TPSA) is 11.6 Å². The van der Waals surface area contributed by atoms with Crippen molar-refractivity contribution in [3.63, 3.8) is 0 Å². The lowest BCUT2D eigenvalue weighted by Crippen LogP contribution is -2.34. The highest BCUT2D eigenvalue weighted by Gasteiger charge is 2.26. The molecule has 63 heavy (non-hydrogen) atoms. The molecule has 0 aliphatic heterocycles. The third-order valence-electron chi connectivity index (χ3n) is 12.8. The number of nitrogens with zero attached hydrogens (tertiary/aromatic N) is 3. The van der Waals surface area contributed by atoms with Crippen LogP contribution in [0.1, 0.15) is 44.6 Å². The molecule has 0 fully saturated rings. The van der Waals surface area contributed by atoms with Crippen LogP contribution in [0.3, 0.4) is 0 Å². The van der Waals surface area contributed by atoms with Crippen LogP contribution >= 0.6 is 0 Å². The predicted molar refractivity (Wildman–Crippen MR) is 260 cm³/mol. The van der Waals surface area contributed by atoms with E-state index < -0.39 is 0 Å². The summed E-state index contributed by atoms with van der Waals surface area (Å²) in [6.45, 7) is 8.85. The minimum absolute atomic E-state index is 0.740. The third-order valence-corrected chi connectivity index (χ3v) is 12.8. The molecule has 0 saturated heterocycles. The molecule has 0 spiro atoms. The molecule has 3 heterocycles. The summed E-state index contributed by atoms with van der Waals surface area (Å²) in [6.07, 6.45) is 5.93. The first-order valence-electron chi connectivity index (χ1n) is 22.1. The normalized spacial score (nSPS) is 11.2. The lowest BCUT2D eigenvalue weighted by atomic mass is 9.83. The van der Waals surface area contributed by atoms with Gasteiger partial charge < -0.3 is 0 Å². The molecule has 0 radical (unpaired) electrons. The van der Waals surface area contributed by atoms with Crippen molar-refractivity contribution < 1.29 is 13.7 Å². The Kier molecular flexibility index (Phi) is 11.5. The Hall–Kier alpha value is -7.23. The second-order valence-corrected chi connectivity index (χ2v) is 17.3. The maximum Gasteiger partial charge on any atom is 0.213 e. The maximum atomic E-state index is 2.47. The van der Waals surface area contributed by atoms with E-state index in [1.165, 1.54) is 112 Å². The maximum absolute atomic E-state index is 2.47. The molecule has 0 unspecified atom stereocenters. The summed E-state index contributed by atoms with van der Waals surface area (Å²) in [5.74, 6) is 0. The first kappa shape index (κ1) is 41.1. The van der Waals surface area contributed by atoms with E-state index in [9.17, 15) is 0 Å². The highest BCUT2D eigenvalue weighted by Crippen LogP contribution is 2.40. The highest BCUT2D eigenvalue weighted by molar-refractivity contribution is 5.80. The molecule has 0 aliphatic carbocycles. The number of benzene rings is 6. The van der Waals surface area contributed by atoms with Crippen LogP contribution in [-0.4, -0.2) is 0 Å². The smallest absolute Gasteiger partial charge is 0.201 e. The van der Waals surface area contributed by atoms with Gasteiger partial charge in [-0.25, -0.2) is 9.13 Å². The molecule has 0 N–H and O–H groups in total. The Balaban J connectivity index is 1.34. The van der Waals surface area contributed by atoms with Crippen molar-refractivity contribution in [2.45, 2.75) is 40.5 Å². The Bertz CT molecular complexity index is 3110. The van der Waals surface area contributed by atoms with Gasteiger partial charge in [-0.2, -0.15) is 4.57 Å². The van der Waals surface area contributed by atoms with Gasteiger partial charge in [0.2, 0.25) is 17.1 Å².